The zero-order valence-electron chi connectivity index (χ0n) is 18.3. The molecule has 2 amide bonds. The zero-order valence-corrected chi connectivity index (χ0v) is 19.9. The molecule has 0 bridgehead atoms. The summed E-state index contributed by atoms with van der Waals surface area (Å²) in [5, 5.41) is 3.49. The second-order valence-corrected chi connectivity index (χ2v) is 9.63. The number of rotatable bonds is 4. The molecule has 6 rings (SSSR count). The minimum absolute atomic E-state index is 0.0311. The Morgan fingerprint density at radius 2 is 2.03 bits per heavy atom. The minimum Gasteiger partial charge on any atom is -0.383 e. The van der Waals surface area contributed by atoms with Crippen LogP contribution in [0.4, 0.5) is 11.6 Å². The summed E-state index contributed by atoms with van der Waals surface area (Å²) in [5.74, 6) is 0.765. The van der Waals surface area contributed by atoms with Gasteiger partial charge in [-0.05, 0) is 65.9 Å². The van der Waals surface area contributed by atoms with Crippen LogP contribution in [0.25, 0.3) is 22.1 Å². The number of nitrogens with one attached hydrogen (secondary N) is 1. The molecule has 2 fully saturated rings. The van der Waals surface area contributed by atoms with Crippen molar-refractivity contribution in [2.75, 3.05) is 11.1 Å². The monoisotopic (exact) mass is 520 g/mol. The van der Waals surface area contributed by atoms with Crippen LogP contribution in [-0.2, 0) is 16.1 Å². The average Bonchev–Trinajstić information content (AvgIpc) is 3.35. The molecule has 4 aromatic rings. The lowest BCUT2D eigenvalue weighted by atomic mass is 10.1. The summed E-state index contributed by atoms with van der Waals surface area (Å²) in [6.07, 6.45) is 2.96. The van der Waals surface area contributed by atoms with E-state index in [1.807, 2.05) is 23.6 Å². The first-order valence-corrected chi connectivity index (χ1v) is 11.8. The van der Waals surface area contributed by atoms with Crippen LogP contribution in [0.15, 0.2) is 41.3 Å². The van der Waals surface area contributed by atoms with Gasteiger partial charge in [-0.15, -0.1) is 0 Å². The Morgan fingerprint density at radius 3 is 2.85 bits per heavy atom. The van der Waals surface area contributed by atoms with Crippen molar-refractivity contribution in [3.8, 4) is 0 Å². The lowest BCUT2D eigenvalue weighted by Gasteiger charge is -2.27. The highest BCUT2D eigenvalue weighted by Crippen LogP contribution is 2.48. The van der Waals surface area contributed by atoms with Crippen molar-refractivity contribution in [1.29, 1.82) is 0 Å². The van der Waals surface area contributed by atoms with E-state index in [4.69, 9.17) is 5.73 Å². The van der Waals surface area contributed by atoms with E-state index in [-0.39, 0.29) is 24.4 Å². The number of pyridine rings is 2. The normalized spacial score (nSPS) is 21.1. The molecule has 0 unspecified atom stereocenters. The summed E-state index contributed by atoms with van der Waals surface area (Å²) >= 11 is 3.32. The van der Waals surface area contributed by atoms with E-state index < -0.39 is 6.04 Å². The molecule has 3 N–H and O–H groups in total. The number of likely N-dealkylation sites (tertiary alicyclic amines) is 1. The van der Waals surface area contributed by atoms with Crippen molar-refractivity contribution in [3.05, 3.63) is 47.0 Å². The molecule has 34 heavy (non-hydrogen) atoms. The van der Waals surface area contributed by atoms with Crippen molar-refractivity contribution < 1.29 is 9.59 Å². The summed E-state index contributed by atoms with van der Waals surface area (Å²) in [7, 11) is 0. The van der Waals surface area contributed by atoms with Gasteiger partial charge in [0.1, 0.15) is 46.3 Å². The quantitative estimate of drug-likeness (QED) is 0.395. The van der Waals surface area contributed by atoms with Crippen LogP contribution in [0.2, 0.25) is 0 Å². The lowest BCUT2D eigenvalue weighted by Crippen LogP contribution is -2.46. The predicted molar refractivity (Wildman–Crippen MR) is 130 cm³/mol. The van der Waals surface area contributed by atoms with E-state index in [1.54, 1.807) is 23.1 Å². The highest BCUT2D eigenvalue weighted by atomic mass is 79.9. The first kappa shape index (κ1) is 21.0. The molecule has 0 radical (unpaired) electrons. The smallest absolute Gasteiger partial charge is 0.248 e. The third kappa shape index (κ3) is 3.38. The van der Waals surface area contributed by atoms with E-state index >= 15 is 0 Å². The first-order chi connectivity index (χ1) is 16.4. The number of nitrogens with two attached hydrogens (primary N) is 1. The number of aryl methyl sites for hydroxylation is 1. The SMILES string of the molecule is Cc1ccc2c(n1)c1c(N)ncnc1n2CC(=O)N1[C@@H]2C[C@@H]2C[C@H]1C(=O)Nc1cccc(Br)n1. The van der Waals surface area contributed by atoms with Gasteiger partial charge >= 0.3 is 0 Å². The maximum absolute atomic E-state index is 13.6. The van der Waals surface area contributed by atoms with E-state index in [9.17, 15) is 9.59 Å². The molecular weight excluding hydrogens is 500 g/mol. The van der Waals surface area contributed by atoms with Gasteiger partial charge in [-0.1, -0.05) is 6.07 Å². The summed E-state index contributed by atoms with van der Waals surface area (Å²) in [4.78, 5) is 45.9. The summed E-state index contributed by atoms with van der Waals surface area (Å²) in [6.45, 7) is 1.93. The number of nitrogen functional groups attached to an aromatic ring is 1. The molecule has 172 valence electrons. The number of fused-ring (bicyclic) bond motifs is 4. The number of piperidine rings is 1. The molecule has 2 aliphatic rings. The van der Waals surface area contributed by atoms with E-state index in [2.05, 4.69) is 41.2 Å². The number of hydrogen-bond acceptors (Lipinski definition) is 7. The Labute approximate surface area is 202 Å². The van der Waals surface area contributed by atoms with Gasteiger partial charge < -0.3 is 20.5 Å². The summed E-state index contributed by atoms with van der Waals surface area (Å²) in [5.41, 5.74) is 8.96. The third-order valence-electron chi connectivity index (χ3n) is 6.61. The largest absolute Gasteiger partial charge is 0.383 e. The second-order valence-electron chi connectivity index (χ2n) is 8.81. The maximum atomic E-state index is 13.6. The van der Waals surface area contributed by atoms with Gasteiger partial charge in [0.2, 0.25) is 11.8 Å². The zero-order chi connectivity index (χ0) is 23.6. The van der Waals surface area contributed by atoms with Crippen LogP contribution in [-0.4, -0.2) is 53.3 Å². The number of halogens is 1. The number of hydrogen-bond donors (Lipinski definition) is 2. The minimum atomic E-state index is -0.537. The van der Waals surface area contributed by atoms with Gasteiger partial charge in [0.05, 0.1) is 10.9 Å². The number of aromatic nitrogens is 5. The number of amides is 2. The molecule has 0 spiro atoms. The van der Waals surface area contributed by atoms with Crippen LogP contribution in [0.1, 0.15) is 18.5 Å². The Bertz CT molecular complexity index is 1480. The van der Waals surface area contributed by atoms with Crippen molar-refractivity contribution in [2.45, 2.75) is 38.4 Å². The number of carbonyl (C=O) groups is 2. The number of carbonyl (C=O) groups excluding carboxylic acids is 2. The molecule has 0 aromatic carbocycles. The molecule has 1 aliphatic heterocycles. The van der Waals surface area contributed by atoms with Crippen LogP contribution >= 0.6 is 15.9 Å². The lowest BCUT2D eigenvalue weighted by molar-refractivity contribution is -0.138. The molecule has 1 aliphatic carbocycles. The van der Waals surface area contributed by atoms with Crippen molar-refractivity contribution in [1.82, 2.24) is 29.4 Å². The van der Waals surface area contributed by atoms with Crippen molar-refractivity contribution in [3.63, 3.8) is 0 Å². The molecular formula is C23H21BrN8O2. The topological polar surface area (TPSA) is 132 Å². The fourth-order valence-electron chi connectivity index (χ4n) is 5.00. The first-order valence-electron chi connectivity index (χ1n) is 11.0. The van der Waals surface area contributed by atoms with Gasteiger partial charge in [0.25, 0.3) is 0 Å². The third-order valence-corrected chi connectivity index (χ3v) is 7.05. The molecule has 3 atom stereocenters. The Morgan fingerprint density at radius 1 is 1.18 bits per heavy atom. The van der Waals surface area contributed by atoms with Gasteiger partial charge in [0, 0.05) is 11.7 Å². The predicted octanol–water partition coefficient (Wildman–Crippen LogP) is 2.66. The van der Waals surface area contributed by atoms with E-state index in [1.165, 1.54) is 6.33 Å². The summed E-state index contributed by atoms with van der Waals surface area (Å²) < 4.78 is 2.45. The number of anilines is 2. The Hall–Kier alpha value is -3.60. The molecule has 1 saturated heterocycles. The van der Waals surface area contributed by atoms with Gasteiger partial charge in [-0.3, -0.25) is 14.6 Å². The van der Waals surface area contributed by atoms with Crippen molar-refractivity contribution in [2.24, 2.45) is 5.92 Å². The fourth-order valence-corrected chi connectivity index (χ4v) is 5.34. The molecule has 1 saturated carbocycles. The standard InChI is InChI=1S/C23H21BrN8O2/c1-11-5-6-13-20(28-11)19-21(25)26-10-27-22(19)31(13)9-18(33)32-14-7-12(14)8-15(32)23(34)30-17-4-2-3-16(24)29-17/h2-6,10,12,14-15H,7-9H2,1H3,(H2,25,26,27)(H,29,30,34)/t12-,14-,15+/m1/s1. The Kier molecular flexibility index (Phi) is 4.76. The van der Waals surface area contributed by atoms with Gasteiger partial charge in [-0.2, -0.15) is 0 Å². The van der Waals surface area contributed by atoms with Crippen LogP contribution in [0.5, 0.6) is 0 Å². The molecule has 5 heterocycles. The maximum Gasteiger partial charge on any atom is 0.248 e. The molecule has 10 nitrogen and oxygen atoms in total. The van der Waals surface area contributed by atoms with E-state index in [0.717, 1.165) is 17.6 Å². The van der Waals surface area contributed by atoms with Gasteiger partial charge in [0.15, 0.2) is 0 Å². The average molecular weight is 521 g/mol. The van der Waals surface area contributed by atoms with Crippen LogP contribution in [0, 0.1) is 12.8 Å². The molecule has 11 heteroatoms. The highest BCUT2D eigenvalue weighted by molar-refractivity contribution is 9.10. The van der Waals surface area contributed by atoms with Gasteiger partial charge in [-0.25, -0.2) is 15.0 Å². The Balaban J connectivity index is 1.32. The fraction of sp³-hybridized carbons (Fsp3) is 0.304. The van der Waals surface area contributed by atoms with Crippen molar-refractivity contribution >= 4 is 61.4 Å². The van der Waals surface area contributed by atoms with Crippen LogP contribution < -0.4 is 11.1 Å². The molecule has 4 aromatic heterocycles. The summed E-state index contributed by atoms with van der Waals surface area (Å²) in [6, 6.07) is 8.67. The van der Waals surface area contributed by atoms with Crippen LogP contribution in [0.3, 0.4) is 0 Å². The number of nitrogens with zero attached hydrogens (tertiary/aromatic N) is 6. The second kappa shape index (κ2) is 7.73. The highest BCUT2D eigenvalue weighted by Gasteiger charge is 2.56. The van der Waals surface area contributed by atoms with E-state index in [0.29, 0.717) is 45.1 Å².